The molecule has 1 heteroatoms. The van der Waals surface area contributed by atoms with E-state index in [0.29, 0.717) is 0 Å². The predicted molar refractivity (Wildman–Crippen MR) is 63.2 cm³/mol. The van der Waals surface area contributed by atoms with Crippen molar-refractivity contribution >= 4 is 17.5 Å². The second-order valence-corrected chi connectivity index (χ2v) is 3.55. The summed E-state index contributed by atoms with van der Waals surface area (Å²) < 4.78 is 0. The summed E-state index contributed by atoms with van der Waals surface area (Å²) in [7, 11) is 0. The van der Waals surface area contributed by atoms with Crippen LogP contribution in [-0.4, -0.2) is 0 Å². The molecule has 1 radical (unpaired) electrons. The summed E-state index contributed by atoms with van der Waals surface area (Å²) in [4.78, 5) is 0. The fraction of sp³-hybridized carbons (Fsp3) is 0. The third kappa shape index (κ3) is 1.42. The number of anilines is 1. The van der Waals surface area contributed by atoms with Crippen molar-refractivity contribution in [2.24, 2.45) is 0 Å². The second kappa shape index (κ2) is 3.28. The maximum absolute atomic E-state index is 3.34. The van der Waals surface area contributed by atoms with Gasteiger partial charge in [-0.05, 0) is 17.7 Å². The highest BCUT2D eigenvalue weighted by Crippen LogP contribution is 2.32. The Morgan fingerprint density at radius 2 is 1.80 bits per heavy atom. The third-order valence-electron chi connectivity index (χ3n) is 2.53. The lowest BCUT2D eigenvalue weighted by molar-refractivity contribution is 1.47. The highest BCUT2D eigenvalue weighted by Gasteiger charge is 2.14. The molecule has 0 atom stereocenters. The molecule has 0 saturated heterocycles. The Morgan fingerprint density at radius 1 is 0.933 bits per heavy atom. The van der Waals surface area contributed by atoms with E-state index in [-0.39, 0.29) is 0 Å². The van der Waals surface area contributed by atoms with Gasteiger partial charge in [0.15, 0.2) is 0 Å². The Balaban J connectivity index is 1.84. The van der Waals surface area contributed by atoms with Crippen molar-refractivity contribution < 1.29 is 0 Å². The van der Waals surface area contributed by atoms with Crippen LogP contribution >= 0.6 is 0 Å². The fourth-order valence-corrected chi connectivity index (χ4v) is 1.74. The molecule has 0 bridgehead atoms. The Kier molecular flexibility index (Phi) is 1.82. The van der Waals surface area contributed by atoms with Gasteiger partial charge >= 0.3 is 0 Å². The van der Waals surface area contributed by atoms with Crippen LogP contribution in [0.15, 0.2) is 48.5 Å². The topological polar surface area (TPSA) is 12.0 Å². The quantitative estimate of drug-likeness (QED) is 0.768. The number of nitrogens with one attached hydrogen (secondary N) is 1. The van der Waals surface area contributed by atoms with Crippen LogP contribution in [0.5, 0.6) is 0 Å². The smallest absolute Gasteiger partial charge is 0.0470 e. The lowest BCUT2D eigenvalue weighted by Crippen LogP contribution is -2.06. The van der Waals surface area contributed by atoms with Crippen LogP contribution in [-0.2, 0) is 0 Å². The standard InChI is InChI=1S/C14H10N/c1-2-7-12(8-3-1)15-14-10-11-6-4-5-9-13(11)14/h1-7,9-10,15H. The molecule has 1 aliphatic carbocycles. The van der Waals surface area contributed by atoms with E-state index >= 15 is 0 Å². The molecule has 0 unspecified atom stereocenters. The van der Waals surface area contributed by atoms with Crippen molar-refractivity contribution in [1.29, 1.82) is 0 Å². The van der Waals surface area contributed by atoms with Crippen molar-refractivity contribution in [3.63, 3.8) is 0 Å². The molecule has 0 fully saturated rings. The summed E-state index contributed by atoms with van der Waals surface area (Å²) in [5, 5.41) is 3.34. The predicted octanol–water partition coefficient (Wildman–Crippen LogP) is 3.41. The van der Waals surface area contributed by atoms with E-state index < -0.39 is 0 Å². The highest BCUT2D eigenvalue weighted by atomic mass is 14.9. The van der Waals surface area contributed by atoms with Crippen molar-refractivity contribution in [2.45, 2.75) is 0 Å². The summed E-state index contributed by atoms with van der Waals surface area (Å²) in [6.07, 6.45) is 2.15. The van der Waals surface area contributed by atoms with Gasteiger partial charge in [0, 0.05) is 23.0 Å². The van der Waals surface area contributed by atoms with E-state index in [1.54, 1.807) is 0 Å². The molecule has 0 saturated carbocycles. The van der Waals surface area contributed by atoms with Crippen molar-refractivity contribution in [2.75, 3.05) is 5.32 Å². The molecule has 71 valence electrons. The van der Waals surface area contributed by atoms with E-state index in [9.17, 15) is 0 Å². The molecule has 0 spiro atoms. The maximum atomic E-state index is 3.34. The Hall–Kier alpha value is -2.02. The zero-order valence-corrected chi connectivity index (χ0v) is 8.20. The molecule has 1 N–H and O–H groups in total. The van der Waals surface area contributed by atoms with Crippen LogP contribution < -0.4 is 5.32 Å². The number of fused-ring (bicyclic) bond motifs is 1. The van der Waals surface area contributed by atoms with Crippen LogP contribution in [0.4, 0.5) is 5.69 Å². The first-order valence-electron chi connectivity index (χ1n) is 4.98. The molecule has 0 amide bonds. The third-order valence-corrected chi connectivity index (χ3v) is 2.53. The second-order valence-electron chi connectivity index (χ2n) is 3.55. The number of para-hydroxylation sites is 1. The van der Waals surface area contributed by atoms with Gasteiger partial charge in [0.25, 0.3) is 0 Å². The number of benzene rings is 2. The van der Waals surface area contributed by atoms with Gasteiger partial charge in [0.05, 0.1) is 0 Å². The van der Waals surface area contributed by atoms with Gasteiger partial charge in [-0.3, -0.25) is 0 Å². The van der Waals surface area contributed by atoms with Crippen molar-refractivity contribution in [1.82, 2.24) is 0 Å². The molecule has 3 rings (SSSR count). The highest BCUT2D eigenvalue weighted by molar-refractivity contribution is 5.99. The summed E-state index contributed by atoms with van der Waals surface area (Å²) >= 11 is 0. The maximum Gasteiger partial charge on any atom is 0.0470 e. The first kappa shape index (κ1) is 8.30. The van der Waals surface area contributed by atoms with Gasteiger partial charge in [-0.25, -0.2) is 0 Å². The van der Waals surface area contributed by atoms with Crippen molar-refractivity contribution in [3.8, 4) is 0 Å². The molecular weight excluding hydrogens is 182 g/mol. The monoisotopic (exact) mass is 192 g/mol. The van der Waals surface area contributed by atoms with Crippen LogP contribution in [0.1, 0.15) is 11.1 Å². The first-order chi connectivity index (χ1) is 7.43. The SMILES string of the molecule is [c]1ccccc1NC1=Cc2ccccc21. The van der Waals surface area contributed by atoms with Crippen LogP contribution in [0, 0.1) is 6.07 Å². The van der Waals surface area contributed by atoms with E-state index in [2.05, 4.69) is 41.7 Å². The van der Waals surface area contributed by atoms with Crippen LogP contribution in [0.3, 0.4) is 0 Å². The molecule has 0 heterocycles. The van der Waals surface area contributed by atoms with Crippen LogP contribution in [0.25, 0.3) is 11.8 Å². The van der Waals surface area contributed by atoms with Gasteiger partial charge in [0.2, 0.25) is 0 Å². The van der Waals surface area contributed by atoms with E-state index in [0.717, 1.165) is 5.69 Å². The zero-order valence-electron chi connectivity index (χ0n) is 8.20. The first-order valence-corrected chi connectivity index (χ1v) is 4.98. The number of hydrogen-bond donors (Lipinski definition) is 1. The lowest BCUT2D eigenvalue weighted by Gasteiger charge is -2.21. The van der Waals surface area contributed by atoms with Gasteiger partial charge in [-0.15, -0.1) is 0 Å². The summed E-state index contributed by atoms with van der Waals surface area (Å²) in [6, 6.07) is 19.4. The minimum Gasteiger partial charge on any atom is -0.354 e. The number of hydrogen-bond acceptors (Lipinski definition) is 1. The molecule has 0 aromatic heterocycles. The summed E-state index contributed by atoms with van der Waals surface area (Å²) in [5.74, 6) is 0. The zero-order chi connectivity index (χ0) is 10.1. The van der Waals surface area contributed by atoms with E-state index in [1.165, 1.54) is 16.8 Å². The largest absolute Gasteiger partial charge is 0.354 e. The molecule has 2 aromatic rings. The minimum absolute atomic E-state index is 1.01. The average Bonchev–Trinajstić information content (AvgIpc) is 2.27. The lowest BCUT2D eigenvalue weighted by atomic mass is 9.94. The Bertz CT molecular complexity index is 512. The average molecular weight is 192 g/mol. The molecular formula is C14H10N. The van der Waals surface area contributed by atoms with Gasteiger partial charge in [-0.1, -0.05) is 42.5 Å². The van der Waals surface area contributed by atoms with Gasteiger partial charge in [0.1, 0.15) is 0 Å². The summed E-state index contributed by atoms with van der Waals surface area (Å²) in [5.41, 5.74) is 4.77. The number of rotatable bonds is 2. The summed E-state index contributed by atoms with van der Waals surface area (Å²) in [6.45, 7) is 0. The molecule has 2 aromatic carbocycles. The van der Waals surface area contributed by atoms with Crippen molar-refractivity contribution in [3.05, 3.63) is 65.7 Å². The van der Waals surface area contributed by atoms with Gasteiger partial charge in [-0.2, -0.15) is 0 Å². The molecule has 1 aliphatic rings. The van der Waals surface area contributed by atoms with E-state index in [1.807, 2.05) is 24.3 Å². The molecule has 1 nitrogen and oxygen atoms in total. The van der Waals surface area contributed by atoms with Gasteiger partial charge < -0.3 is 5.32 Å². The minimum atomic E-state index is 1.01. The Morgan fingerprint density at radius 3 is 2.60 bits per heavy atom. The van der Waals surface area contributed by atoms with E-state index in [4.69, 9.17) is 0 Å². The Labute approximate surface area is 89.1 Å². The molecule has 15 heavy (non-hydrogen) atoms. The molecule has 0 aliphatic heterocycles. The normalized spacial score (nSPS) is 12.4. The van der Waals surface area contributed by atoms with Crippen LogP contribution in [0.2, 0.25) is 0 Å². The fourth-order valence-electron chi connectivity index (χ4n) is 1.74.